The molecule has 0 spiro atoms. The summed E-state index contributed by atoms with van der Waals surface area (Å²) in [5.74, 6) is -0.853. The molecule has 6 heteroatoms. The summed E-state index contributed by atoms with van der Waals surface area (Å²) in [6.07, 6.45) is 2.07. The van der Waals surface area contributed by atoms with Crippen molar-refractivity contribution in [3.05, 3.63) is 53.6 Å². The number of quaternary nitrogens is 1. The van der Waals surface area contributed by atoms with Gasteiger partial charge in [0, 0.05) is 17.2 Å². The molecule has 0 amide bonds. The van der Waals surface area contributed by atoms with Crippen LogP contribution in [0, 0.1) is 56.7 Å². The van der Waals surface area contributed by atoms with Gasteiger partial charge in [-0.25, -0.2) is 0 Å². The van der Waals surface area contributed by atoms with Gasteiger partial charge in [0.1, 0.15) is 11.7 Å². The molecule has 160 valence electrons. The Balaban J connectivity index is 2.03. The third kappa shape index (κ3) is 2.98. The summed E-state index contributed by atoms with van der Waals surface area (Å²) in [6, 6.07) is 18.6. The van der Waals surface area contributed by atoms with Crippen molar-refractivity contribution in [2.45, 2.75) is 25.8 Å². The molecule has 0 saturated heterocycles. The van der Waals surface area contributed by atoms with Gasteiger partial charge >= 0.3 is 0 Å². The van der Waals surface area contributed by atoms with E-state index in [0.29, 0.717) is 12.6 Å². The van der Waals surface area contributed by atoms with E-state index in [2.05, 4.69) is 38.1 Å². The zero-order chi connectivity index (χ0) is 23.0. The first-order valence-corrected chi connectivity index (χ1v) is 10.8. The summed E-state index contributed by atoms with van der Waals surface area (Å²) in [7, 11) is 1.62. The third-order valence-corrected chi connectivity index (χ3v) is 7.20. The van der Waals surface area contributed by atoms with Crippen LogP contribution in [0.1, 0.15) is 25.3 Å². The number of fused-ring (bicyclic) bond motifs is 2. The molecule has 1 aliphatic carbocycles. The predicted octanol–water partition coefficient (Wildman–Crippen LogP) is 2.99. The standard InChI is InChI=1S/C26H25N5O/c1-16(2)31-11-10-18-21(12-27)25(30)26(14-28,15-29)24(22(18)13-31)20-8-9-23(32-3)19-7-5-4-6-17(19)20/h4-10,16,21-22,24,30H,11,13H2,1-3H3/p+1/t21?,22-,24-/m0/s1. The highest BCUT2D eigenvalue weighted by atomic mass is 16.5. The van der Waals surface area contributed by atoms with Gasteiger partial charge < -0.3 is 15.0 Å². The number of nitrogens with zero attached hydrogens (tertiary/aromatic N) is 3. The molecule has 2 aromatic carbocycles. The van der Waals surface area contributed by atoms with Crippen LogP contribution in [0.2, 0.25) is 0 Å². The second-order valence-corrected chi connectivity index (χ2v) is 8.92. The maximum absolute atomic E-state index is 10.3. The number of hydrogen-bond donors (Lipinski definition) is 2. The van der Waals surface area contributed by atoms with Crippen molar-refractivity contribution in [3.8, 4) is 24.0 Å². The molecule has 0 bridgehead atoms. The highest BCUT2D eigenvalue weighted by Crippen LogP contribution is 2.54. The quantitative estimate of drug-likeness (QED) is 0.738. The molecule has 6 nitrogen and oxygen atoms in total. The van der Waals surface area contributed by atoms with Gasteiger partial charge in [-0.3, -0.25) is 0 Å². The van der Waals surface area contributed by atoms with Crippen LogP contribution in [-0.4, -0.2) is 32.0 Å². The van der Waals surface area contributed by atoms with Crippen LogP contribution in [0.25, 0.3) is 10.8 Å². The fraction of sp³-hybridized carbons (Fsp3) is 0.385. The summed E-state index contributed by atoms with van der Waals surface area (Å²) >= 11 is 0. The Labute approximate surface area is 188 Å². The minimum absolute atomic E-state index is 0.106. The van der Waals surface area contributed by atoms with Gasteiger partial charge in [0.15, 0.2) is 5.41 Å². The van der Waals surface area contributed by atoms with Crippen LogP contribution in [0.3, 0.4) is 0 Å². The lowest BCUT2D eigenvalue weighted by Gasteiger charge is -2.47. The van der Waals surface area contributed by atoms with Gasteiger partial charge in [-0.05, 0) is 42.5 Å². The summed E-state index contributed by atoms with van der Waals surface area (Å²) < 4.78 is 5.55. The molecule has 4 atom stereocenters. The number of rotatable bonds is 3. The Morgan fingerprint density at radius 3 is 2.38 bits per heavy atom. The van der Waals surface area contributed by atoms with Crippen molar-refractivity contribution in [1.82, 2.24) is 0 Å². The van der Waals surface area contributed by atoms with Crippen LogP contribution in [-0.2, 0) is 0 Å². The maximum Gasteiger partial charge on any atom is 0.189 e. The van der Waals surface area contributed by atoms with Crippen molar-refractivity contribution in [1.29, 1.82) is 21.2 Å². The zero-order valence-electron chi connectivity index (χ0n) is 18.5. The van der Waals surface area contributed by atoms with E-state index in [1.165, 1.54) is 4.90 Å². The van der Waals surface area contributed by atoms with Gasteiger partial charge in [-0.1, -0.05) is 30.3 Å². The van der Waals surface area contributed by atoms with Crippen LogP contribution >= 0.6 is 0 Å². The average molecular weight is 425 g/mol. The normalized spacial score (nSPS) is 26.4. The van der Waals surface area contributed by atoms with Crippen LogP contribution < -0.4 is 9.64 Å². The second-order valence-electron chi connectivity index (χ2n) is 8.92. The molecule has 0 aromatic heterocycles. The first-order chi connectivity index (χ1) is 15.4. The van der Waals surface area contributed by atoms with Crippen molar-refractivity contribution in [3.63, 3.8) is 0 Å². The maximum atomic E-state index is 10.3. The van der Waals surface area contributed by atoms with E-state index in [4.69, 9.17) is 10.1 Å². The van der Waals surface area contributed by atoms with Crippen molar-refractivity contribution >= 4 is 16.5 Å². The van der Waals surface area contributed by atoms with E-state index in [0.717, 1.165) is 34.2 Å². The van der Waals surface area contributed by atoms with Gasteiger partial charge in [0.05, 0.1) is 50.2 Å². The Morgan fingerprint density at radius 2 is 1.78 bits per heavy atom. The molecule has 2 aromatic rings. The van der Waals surface area contributed by atoms with E-state index < -0.39 is 17.3 Å². The summed E-state index contributed by atoms with van der Waals surface area (Å²) in [5.41, 5.74) is -0.0796. The summed E-state index contributed by atoms with van der Waals surface area (Å²) in [4.78, 5) is 1.34. The van der Waals surface area contributed by atoms with E-state index in [1.807, 2.05) is 36.4 Å². The fourth-order valence-corrected chi connectivity index (χ4v) is 5.48. The molecule has 1 fully saturated rings. The second kappa shape index (κ2) is 8.12. The molecular weight excluding hydrogens is 398 g/mol. The smallest absolute Gasteiger partial charge is 0.189 e. The Kier molecular flexibility index (Phi) is 5.47. The topological polar surface area (TPSA) is 109 Å². The molecule has 1 aliphatic heterocycles. The molecule has 0 radical (unpaired) electrons. The Morgan fingerprint density at radius 1 is 1.09 bits per heavy atom. The first-order valence-electron chi connectivity index (χ1n) is 10.8. The van der Waals surface area contributed by atoms with E-state index in [-0.39, 0.29) is 11.6 Å². The largest absolute Gasteiger partial charge is 0.496 e. The highest BCUT2D eigenvalue weighted by molar-refractivity contribution is 6.02. The Hall–Kier alpha value is -3.66. The molecule has 2 N–H and O–H groups in total. The average Bonchev–Trinajstić information content (AvgIpc) is 2.82. The van der Waals surface area contributed by atoms with E-state index in [1.54, 1.807) is 7.11 Å². The molecule has 2 unspecified atom stereocenters. The number of nitriles is 3. The van der Waals surface area contributed by atoms with Gasteiger partial charge in [0.25, 0.3) is 0 Å². The van der Waals surface area contributed by atoms with E-state index in [9.17, 15) is 15.8 Å². The van der Waals surface area contributed by atoms with Crippen LogP contribution in [0.4, 0.5) is 0 Å². The lowest BCUT2D eigenvalue weighted by atomic mass is 9.54. The number of nitrogens with one attached hydrogen (secondary N) is 2. The Bertz CT molecular complexity index is 1230. The van der Waals surface area contributed by atoms with E-state index >= 15 is 0 Å². The van der Waals surface area contributed by atoms with Crippen molar-refractivity contribution in [2.75, 3.05) is 20.2 Å². The SMILES string of the molecule is COc1ccc([C@H]2[C@H]3C[NH+](C(C)C)CC=C3C(C#N)C(=N)C2(C#N)C#N)c2ccccc12. The molecule has 1 saturated carbocycles. The molecule has 1 heterocycles. The van der Waals surface area contributed by atoms with Crippen molar-refractivity contribution in [2.24, 2.45) is 17.3 Å². The fourth-order valence-electron chi connectivity index (χ4n) is 5.48. The highest BCUT2D eigenvalue weighted by Gasteiger charge is 2.59. The minimum atomic E-state index is -1.71. The summed E-state index contributed by atoms with van der Waals surface area (Å²) in [6.45, 7) is 5.79. The number of methoxy groups -OCH3 is 1. The van der Waals surface area contributed by atoms with Crippen LogP contribution in [0.15, 0.2) is 48.0 Å². The molecule has 32 heavy (non-hydrogen) atoms. The van der Waals surface area contributed by atoms with Crippen LogP contribution in [0.5, 0.6) is 5.75 Å². The number of ether oxygens (including phenoxy) is 1. The summed E-state index contributed by atoms with van der Waals surface area (Å²) in [5, 5.41) is 41.2. The third-order valence-electron chi connectivity index (χ3n) is 7.20. The number of benzene rings is 2. The molecular formula is C26H26N5O+. The van der Waals surface area contributed by atoms with Gasteiger partial charge in [-0.2, -0.15) is 15.8 Å². The first kappa shape index (κ1) is 21.6. The zero-order valence-corrected chi connectivity index (χ0v) is 18.5. The lowest BCUT2D eigenvalue weighted by molar-refractivity contribution is -0.920. The van der Waals surface area contributed by atoms with Gasteiger partial charge in [-0.15, -0.1) is 0 Å². The van der Waals surface area contributed by atoms with Gasteiger partial charge in [0.2, 0.25) is 0 Å². The minimum Gasteiger partial charge on any atom is -0.496 e. The lowest BCUT2D eigenvalue weighted by Crippen LogP contribution is -3.16. The molecule has 4 rings (SSSR count). The number of hydrogen-bond acceptors (Lipinski definition) is 5. The van der Waals surface area contributed by atoms with Crippen molar-refractivity contribution < 1.29 is 9.64 Å². The predicted molar refractivity (Wildman–Crippen MR) is 121 cm³/mol. The monoisotopic (exact) mass is 424 g/mol. The molecule has 2 aliphatic rings.